The fraction of sp³-hybridized carbons (Fsp3) is 0.562. The highest BCUT2D eigenvalue weighted by Gasteiger charge is 2.21. The Labute approximate surface area is 126 Å². The molecule has 1 aromatic rings. The molecule has 0 bridgehead atoms. The fourth-order valence-corrected chi connectivity index (χ4v) is 2.41. The minimum absolute atomic E-state index is 0.00707. The average Bonchev–Trinajstić information content (AvgIpc) is 2.54. The predicted octanol–water partition coefficient (Wildman–Crippen LogP) is 1.79. The Morgan fingerprint density at radius 2 is 2.29 bits per heavy atom. The third kappa shape index (κ3) is 5.02. The summed E-state index contributed by atoms with van der Waals surface area (Å²) in [5.41, 5.74) is 2.12. The van der Waals surface area contributed by atoms with E-state index in [2.05, 4.69) is 10.6 Å². The standard InChI is InChI=1S/C16H24N2O3/c1-20-10-8-17-15-7-3-2-5-13(15)11-18-16(19)14-6-4-9-21-12-14/h2-3,5,7,14,17H,4,6,8-12H2,1H3,(H,18,19)/t14-/m0/s1. The highest BCUT2D eigenvalue weighted by Crippen LogP contribution is 2.16. The zero-order valence-electron chi connectivity index (χ0n) is 12.6. The van der Waals surface area contributed by atoms with Gasteiger partial charge in [0.2, 0.25) is 5.91 Å². The van der Waals surface area contributed by atoms with Gasteiger partial charge in [-0.15, -0.1) is 0 Å². The van der Waals surface area contributed by atoms with Crippen LogP contribution in [0, 0.1) is 5.92 Å². The maximum absolute atomic E-state index is 12.1. The van der Waals surface area contributed by atoms with Gasteiger partial charge in [-0.2, -0.15) is 0 Å². The Kier molecular flexibility index (Phi) is 6.50. The number of hydrogen-bond acceptors (Lipinski definition) is 4. The van der Waals surface area contributed by atoms with E-state index in [1.54, 1.807) is 7.11 Å². The summed E-state index contributed by atoms with van der Waals surface area (Å²) in [7, 11) is 1.68. The number of methoxy groups -OCH3 is 1. The first-order valence-electron chi connectivity index (χ1n) is 7.47. The van der Waals surface area contributed by atoms with Crippen molar-refractivity contribution in [2.24, 2.45) is 5.92 Å². The number of amides is 1. The van der Waals surface area contributed by atoms with E-state index in [1.807, 2.05) is 24.3 Å². The highest BCUT2D eigenvalue weighted by atomic mass is 16.5. The molecule has 0 saturated carbocycles. The minimum Gasteiger partial charge on any atom is -0.383 e. The topological polar surface area (TPSA) is 59.6 Å². The zero-order valence-corrected chi connectivity index (χ0v) is 12.6. The number of hydrogen-bond donors (Lipinski definition) is 2. The van der Waals surface area contributed by atoms with E-state index in [-0.39, 0.29) is 11.8 Å². The summed E-state index contributed by atoms with van der Waals surface area (Å²) in [6.07, 6.45) is 1.88. The first-order valence-corrected chi connectivity index (χ1v) is 7.47. The van der Waals surface area contributed by atoms with Gasteiger partial charge in [0, 0.05) is 32.5 Å². The molecule has 1 atom stereocenters. The van der Waals surface area contributed by atoms with Gasteiger partial charge in [-0.25, -0.2) is 0 Å². The second-order valence-corrected chi connectivity index (χ2v) is 5.21. The summed E-state index contributed by atoms with van der Waals surface area (Å²) in [5.74, 6) is 0.0776. The second-order valence-electron chi connectivity index (χ2n) is 5.21. The molecule has 5 heteroatoms. The molecule has 1 aliphatic rings. The summed E-state index contributed by atoms with van der Waals surface area (Å²) in [5, 5.41) is 6.33. The van der Waals surface area contributed by atoms with Gasteiger partial charge in [0.15, 0.2) is 0 Å². The fourth-order valence-electron chi connectivity index (χ4n) is 2.41. The molecular weight excluding hydrogens is 268 g/mol. The van der Waals surface area contributed by atoms with Crippen molar-refractivity contribution in [2.45, 2.75) is 19.4 Å². The van der Waals surface area contributed by atoms with E-state index >= 15 is 0 Å². The average molecular weight is 292 g/mol. The molecule has 2 rings (SSSR count). The van der Waals surface area contributed by atoms with Crippen LogP contribution in [0.15, 0.2) is 24.3 Å². The summed E-state index contributed by atoms with van der Waals surface area (Å²) in [6, 6.07) is 8.00. The number of ether oxygens (including phenoxy) is 2. The van der Waals surface area contributed by atoms with Gasteiger partial charge in [-0.3, -0.25) is 4.79 Å². The molecule has 5 nitrogen and oxygen atoms in total. The van der Waals surface area contributed by atoms with Crippen LogP contribution in [0.1, 0.15) is 18.4 Å². The van der Waals surface area contributed by atoms with Crippen molar-refractivity contribution in [1.29, 1.82) is 0 Å². The van der Waals surface area contributed by atoms with Crippen LogP contribution in [-0.4, -0.2) is 39.4 Å². The Balaban J connectivity index is 1.85. The maximum atomic E-state index is 12.1. The molecule has 2 N–H and O–H groups in total. The van der Waals surface area contributed by atoms with Crippen molar-refractivity contribution in [3.05, 3.63) is 29.8 Å². The lowest BCUT2D eigenvalue weighted by atomic mass is 10.0. The summed E-state index contributed by atoms with van der Waals surface area (Å²) in [6.45, 7) is 3.25. The first-order chi connectivity index (χ1) is 10.3. The molecule has 1 saturated heterocycles. The van der Waals surface area contributed by atoms with Gasteiger partial charge in [-0.1, -0.05) is 18.2 Å². The Hall–Kier alpha value is -1.59. The number of benzene rings is 1. The van der Waals surface area contributed by atoms with E-state index in [1.165, 1.54) is 0 Å². The molecule has 116 valence electrons. The molecule has 0 aromatic heterocycles. The van der Waals surface area contributed by atoms with E-state index in [4.69, 9.17) is 9.47 Å². The number of carbonyl (C=O) groups excluding carboxylic acids is 1. The van der Waals surface area contributed by atoms with Crippen molar-refractivity contribution in [3.63, 3.8) is 0 Å². The Morgan fingerprint density at radius 1 is 1.43 bits per heavy atom. The van der Waals surface area contributed by atoms with Crippen molar-refractivity contribution in [2.75, 3.05) is 38.8 Å². The smallest absolute Gasteiger partial charge is 0.225 e. The van der Waals surface area contributed by atoms with Crippen LogP contribution in [0.2, 0.25) is 0 Å². The SMILES string of the molecule is COCCNc1ccccc1CNC(=O)[C@H]1CCCOC1. The van der Waals surface area contributed by atoms with E-state index in [0.29, 0.717) is 19.8 Å². The van der Waals surface area contributed by atoms with Crippen LogP contribution in [0.25, 0.3) is 0 Å². The van der Waals surface area contributed by atoms with Gasteiger partial charge >= 0.3 is 0 Å². The van der Waals surface area contributed by atoms with Crippen molar-refractivity contribution in [1.82, 2.24) is 5.32 Å². The van der Waals surface area contributed by atoms with E-state index in [9.17, 15) is 4.79 Å². The molecule has 1 fully saturated rings. The highest BCUT2D eigenvalue weighted by molar-refractivity contribution is 5.79. The monoisotopic (exact) mass is 292 g/mol. The Bertz CT molecular complexity index is 445. The third-order valence-electron chi connectivity index (χ3n) is 3.62. The third-order valence-corrected chi connectivity index (χ3v) is 3.62. The van der Waals surface area contributed by atoms with Crippen LogP contribution in [0.5, 0.6) is 0 Å². The lowest BCUT2D eigenvalue weighted by Crippen LogP contribution is -2.35. The number of anilines is 1. The molecule has 1 aromatic carbocycles. The van der Waals surface area contributed by atoms with Crippen molar-refractivity contribution < 1.29 is 14.3 Å². The predicted molar refractivity (Wildman–Crippen MR) is 82.2 cm³/mol. The molecular formula is C16H24N2O3. The van der Waals surface area contributed by atoms with Crippen LogP contribution >= 0.6 is 0 Å². The zero-order chi connectivity index (χ0) is 14.9. The molecule has 0 unspecified atom stereocenters. The quantitative estimate of drug-likeness (QED) is 0.752. The Morgan fingerprint density at radius 3 is 3.05 bits per heavy atom. The summed E-state index contributed by atoms with van der Waals surface area (Å²) < 4.78 is 10.4. The molecule has 1 amide bonds. The molecule has 21 heavy (non-hydrogen) atoms. The minimum atomic E-state index is -0.00707. The maximum Gasteiger partial charge on any atom is 0.225 e. The molecule has 0 radical (unpaired) electrons. The number of rotatable bonds is 7. The van der Waals surface area contributed by atoms with Gasteiger partial charge < -0.3 is 20.1 Å². The molecule has 1 aliphatic heterocycles. The number of carbonyl (C=O) groups is 1. The second kappa shape index (κ2) is 8.64. The van der Waals surface area contributed by atoms with Crippen LogP contribution in [0.3, 0.4) is 0 Å². The van der Waals surface area contributed by atoms with Crippen molar-refractivity contribution >= 4 is 11.6 Å². The number of nitrogens with one attached hydrogen (secondary N) is 2. The van der Waals surface area contributed by atoms with Crippen LogP contribution in [0.4, 0.5) is 5.69 Å². The van der Waals surface area contributed by atoms with E-state index < -0.39 is 0 Å². The molecule has 0 spiro atoms. The largest absolute Gasteiger partial charge is 0.383 e. The lowest BCUT2D eigenvalue weighted by molar-refractivity contribution is -0.129. The van der Waals surface area contributed by atoms with Gasteiger partial charge in [0.1, 0.15) is 0 Å². The summed E-state index contributed by atoms with van der Waals surface area (Å²) >= 11 is 0. The van der Waals surface area contributed by atoms with E-state index in [0.717, 1.165) is 37.2 Å². The molecule has 0 aliphatic carbocycles. The van der Waals surface area contributed by atoms with Gasteiger partial charge in [-0.05, 0) is 24.5 Å². The van der Waals surface area contributed by atoms with Crippen LogP contribution in [-0.2, 0) is 20.8 Å². The van der Waals surface area contributed by atoms with Gasteiger partial charge in [0.05, 0.1) is 19.1 Å². The lowest BCUT2D eigenvalue weighted by Gasteiger charge is -2.21. The first kappa shape index (κ1) is 15.8. The summed E-state index contributed by atoms with van der Waals surface area (Å²) in [4.78, 5) is 12.1. The van der Waals surface area contributed by atoms with Crippen molar-refractivity contribution in [3.8, 4) is 0 Å². The molecule has 1 heterocycles. The van der Waals surface area contributed by atoms with Crippen LogP contribution < -0.4 is 10.6 Å². The number of para-hydroxylation sites is 1. The normalized spacial score (nSPS) is 18.2. The van der Waals surface area contributed by atoms with Gasteiger partial charge in [0.25, 0.3) is 0 Å².